The number of carbonyl (C=O) groups is 1. The van der Waals surface area contributed by atoms with Crippen LogP contribution in [-0.2, 0) is 14.3 Å². The molecule has 1 amide bonds. The molecule has 1 saturated heterocycles. The summed E-state index contributed by atoms with van der Waals surface area (Å²) >= 11 is 0. The second-order valence-corrected chi connectivity index (χ2v) is 8.80. The number of hydrogen-bond donors (Lipinski definition) is 2. The van der Waals surface area contributed by atoms with Crippen molar-refractivity contribution in [3.63, 3.8) is 0 Å². The Bertz CT molecular complexity index is 1070. The largest absolute Gasteiger partial charge is 0.383 e. The van der Waals surface area contributed by atoms with Crippen molar-refractivity contribution in [1.29, 1.82) is 5.26 Å². The van der Waals surface area contributed by atoms with Gasteiger partial charge in [-0.05, 0) is 39.5 Å². The van der Waals surface area contributed by atoms with E-state index >= 15 is 0 Å². The fraction of sp³-hybridized carbons (Fsp3) is 0.619. The van der Waals surface area contributed by atoms with E-state index < -0.39 is 11.2 Å². The molecule has 1 aliphatic heterocycles. The maximum absolute atomic E-state index is 13.0. The van der Waals surface area contributed by atoms with Crippen molar-refractivity contribution in [2.45, 2.75) is 57.6 Å². The number of fused-ring (bicyclic) bond motifs is 4. The van der Waals surface area contributed by atoms with Crippen LogP contribution in [0.5, 0.6) is 0 Å². The summed E-state index contributed by atoms with van der Waals surface area (Å²) in [5.74, 6) is -0.719. The molecule has 0 bridgehead atoms. The van der Waals surface area contributed by atoms with E-state index in [1.54, 1.807) is 19.4 Å². The Morgan fingerprint density at radius 1 is 1.43 bits per heavy atom. The first-order valence-electron chi connectivity index (χ1n) is 10.5. The third-order valence-electron chi connectivity index (χ3n) is 6.90. The number of nitrogens with zero attached hydrogens (tertiary/aromatic N) is 4. The van der Waals surface area contributed by atoms with Crippen LogP contribution in [-0.4, -0.2) is 52.0 Å². The summed E-state index contributed by atoms with van der Waals surface area (Å²) in [6, 6.07) is 3.71. The molecule has 3 fully saturated rings. The Morgan fingerprint density at radius 2 is 2.23 bits per heavy atom. The van der Waals surface area contributed by atoms with Gasteiger partial charge in [-0.2, -0.15) is 5.26 Å². The minimum absolute atomic E-state index is 0.000910. The van der Waals surface area contributed by atoms with Gasteiger partial charge in [0.25, 0.3) is 0 Å². The Morgan fingerprint density at radius 3 is 2.87 bits per heavy atom. The van der Waals surface area contributed by atoms with Gasteiger partial charge in [0.15, 0.2) is 11.4 Å². The topological polar surface area (TPSA) is 114 Å². The van der Waals surface area contributed by atoms with Gasteiger partial charge in [0.2, 0.25) is 5.91 Å². The average Bonchev–Trinajstić information content (AvgIpc) is 3.30. The molecule has 158 valence electrons. The molecule has 3 heterocycles. The van der Waals surface area contributed by atoms with E-state index in [-0.39, 0.29) is 30.1 Å². The third kappa shape index (κ3) is 2.38. The van der Waals surface area contributed by atoms with Gasteiger partial charge < -0.3 is 24.7 Å². The molecule has 2 aromatic heterocycles. The molecule has 2 saturated carbocycles. The number of imidazole rings is 1. The molecule has 3 aliphatic rings. The molecule has 0 unspecified atom stereocenters. The minimum Gasteiger partial charge on any atom is -0.383 e. The highest BCUT2D eigenvalue weighted by molar-refractivity contribution is 5.87. The summed E-state index contributed by atoms with van der Waals surface area (Å²) in [6.45, 7) is 6.47. The predicted molar refractivity (Wildman–Crippen MR) is 108 cm³/mol. The molecule has 5 atom stereocenters. The number of carbonyl (C=O) groups excluding carboxylic acids is 1. The van der Waals surface area contributed by atoms with Crippen LogP contribution in [0.2, 0.25) is 0 Å². The smallest absolute Gasteiger partial charge is 0.229 e. The van der Waals surface area contributed by atoms with E-state index in [1.165, 1.54) is 0 Å². The molecule has 0 spiro atoms. The van der Waals surface area contributed by atoms with E-state index in [4.69, 9.17) is 9.47 Å². The fourth-order valence-electron chi connectivity index (χ4n) is 5.72. The lowest BCUT2D eigenvalue weighted by atomic mass is 9.59. The van der Waals surface area contributed by atoms with Crippen LogP contribution in [0.4, 0.5) is 5.69 Å². The van der Waals surface area contributed by atoms with Crippen LogP contribution >= 0.6 is 0 Å². The van der Waals surface area contributed by atoms with E-state index in [0.717, 1.165) is 18.5 Å². The van der Waals surface area contributed by atoms with Crippen molar-refractivity contribution in [2.24, 2.45) is 11.3 Å². The molecule has 0 aromatic carbocycles. The van der Waals surface area contributed by atoms with Crippen molar-refractivity contribution in [3.8, 4) is 6.07 Å². The predicted octanol–water partition coefficient (Wildman–Crippen LogP) is 1.95. The standard InChI is InChI=1S/C21H26N6O3/c1-5-24-13-8-11(9-22)26-18-14(13)25-10-27(18)15-12-6-7-21(12,19(28)23-4)17-16(15)29-20(2,3)30-17/h8,10,12,15-17H,5-7H2,1-4H3,(H,23,28)(H,24,26)/t12-,15-,16+,17+,21+/m1/s1. The van der Waals surface area contributed by atoms with Gasteiger partial charge in [-0.25, -0.2) is 9.97 Å². The van der Waals surface area contributed by atoms with Crippen LogP contribution in [0, 0.1) is 22.7 Å². The summed E-state index contributed by atoms with van der Waals surface area (Å²) in [4.78, 5) is 22.2. The van der Waals surface area contributed by atoms with E-state index in [9.17, 15) is 10.1 Å². The van der Waals surface area contributed by atoms with E-state index in [0.29, 0.717) is 23.4 Å². The lowest BCUT2D eigenvalue weighted by Gasteiger charge is -2.47. The average molecular weight is 410 g/mol. The number of aromatic nitrogens is 3. The van der Waals surface area contributed by atoms with Gasteiger partial charge in [-0.1, -0.05) is 0 Å². The highest BCUT2D eigenvalue weighted by atomic mass is 16.8. The molecule has 2 N–H and O–H groups in total. The molecular weight excluding hydrogens is 384 g/mol. The second kappa shape index (κ2) is 6.40. The van der Waals surface area contributed by atoms with Crippen LogP contribution in [0.15, 0.2) is 12.4 Å². The van der Waals surface area contributed by atoms with Crippen LogP contribution < -0.4 is 10.6 Å². The summed E-state index contributed by atoms with van der Waals surface area (Å²) in [5, 5.41) is 15.6. The Labute approximate surface area is 174 Å². The molecule has 9 nitrogen and oxygen atoms in total. The summed E-state index contributed by atoms with van der Waals surface area (Å²) in [6.07, 6.45) is 2.79. The Balaban J connectivity index is 1.67. The van der Waals surface area contributed by atoms with Crippen molar-refractivity contribution in [1.82, 2.24) is 19.9 Å². The zero-order chi connectivity index (χ0) is 21.3. The fourth-order valence-corrected chi connectivity index (χ4v) is 5.72. The molecular formula is C21H26N6O3. The number of rotatable bonds is 4. The van der Waals surface area contributed by atoms with Crippen LogP contribution in [0.3, 0.4) is 0 Å². The van der Waals surface area contributed by atoms with E-state index in [2.05, 4.69) is 26.7 Å². The Hall–Kier alpha value is -2.70. The second-order valence-electron chi connectivity index (χ2n) is 8.80. The molecule has 2 aromatic rings. The number of ether oxygens (including phenoxy) is 2. The highest BCUT2D eigenvalue weighted by Gasteiger charge is 2.73. The summed E-state index contributed by atoms with van der Waals surface area (Å²) in [5.41, 5.74) is 1.82. The van der Waals surface area contributed by atoms with Crippen LogP contribution in [0.1, 0.15) is 45.3 Å². The van der Waals surface area contributed by atoms with Crippen molar-refractivity contribution in [2.75, 3.05) is 18.9 Å². The molecule has 30 heavy (non-hydrogen) atoms. The summed E-state index contributed by atoms with van der Waals surface area (Å²) < 4.78 is 14.6. The number of amides is 1. The van der Waals surface area contributed by atoms with Crippen molar-refractivity contribution < 1.29 is 14.3 Å². The zero-order valence-electron chi connectivity index (χ0n) is 17.6. The first-order chi connectivity index (χ1) is 14.4. The molecule has 2 aliphatic carbocycles. The number of nitrogens with one attached hydrogen (secondary N) is 2. The lowest BCUT2D eigenvalue weighted by Crippen LogP contribution is -2.56. The van der Waals surface area contributed by atoms with Crippen LogP contribution in [0.25, 0.3) is 11.2 Å². The van der Waals surface area contributed by atoms with Gasteiger partial charge in [-0.15, -0.1) is 0 Å². The van der Waals surface area contributed by atoms with Crippen molar-refractivity contribution in [3.05, 3.63) is 18.1 Å². The van der Waals surface area contributed by atoms with Gasteiger partial charge >= 0.3 is 0 Å². The Kier molecular flexibility index (Phi) is 4.11. The minimum atomic E-state index is -0.772. The number of pyridine rings is 1. The molecule has 0 radical (unpaired) electrons. The highest BCUT2D eigenvalue weighted by Crippen LogP contribution is 2.66. The van der Waals surface area contributed by atoms with E-state index in [1.807, 2.05) is 25.3 Å². The van der Waals surface area contributed by atoms with Gasteiger partial charge in [0.1, 0.15) is 29.5 Å². The molecule has 5 rings (SSSR count). The summed E-state index contributed by atoms with van der Waals surface area (Å²) in [7, 11) is 1.67. The third-order valence-corrected chi connectivity index (χ3v) is 6.90. The first-order valence-corrected chi connectivity index (χ1v) is 10.5. The monoisotopic (exact) mass is 410 g/mol. The normalized spacial score (nSPS) is 33.4. The van der Waals surface area contributed by atoms with Gasteiger partial charge in [0, 0.05) is 19.7 Å². The van der Waals surface area contributed by atoms with Gasteiger partial charge in [-0.3, -0.25) is 4.79 Å². The SMILES string of the molecule is CCNc1cc(C#N)nc2c1ncn2[C@H]1[C@@H]2OC(C)(C)O[C@@H]2[C@]2(C(=O)NC)CC[C@H]12. The zero-order valence-corrected chi connectivity index (χ0v) is 17.6. The maximum Gasteiger partial charge on any atom is 0.229 e. The maximum atomic E-state index is 13.0. The molecule has 9 heteroatoms. The lowest BCUT2D eigenvalue weighted by molar-refractivity contribution is -0.194. The van der Waals surface area contributed by atoms with Crippen molar-refractivity contribution >= 4 is 22.8 Å². The quantitative estimate of drug-likeness (QED) is 0.792. The van der Waals surface area contributed by atoms with Gasteiger partial charge in [0.05, 0.1) is 23.5 Å². The first kappa shape index (κ1) is 19.3. The number of nitriles is 1. The number of anilines is 1. The number of hydrogen-bond acceptors (Lipinski definition) is 7.